The molecule has 5 heteroatoms. The Hall–Kier alpha value is -2.82. The number of hydrogen-bond donors (Lipinski definition) is 1. The summed E-state index contributed by atoms with van der Waals surface area (Å²) >= 11 is 0. The number of rotatable bonds is 9. The SMILES string of the molecule is CCOC(=O)C(C)(CCc1ccccc1OCc1ccccc1)C(=O)O. The van der Waals surface area contributed by atoms with Gasteiger partial charge in [0.1, 0.15) is 12.4 Å². The molecule has 138 valence electrons. The molecule has 0 radical (unpaired) electrons. The smallest absolute Gasteiger partial charge is 0.323 e. The van der Waals surface area contributed by atoms with E-state index in [1.54, 1.807) is 6.92 Å². The molecule has 0 aliphatic carbocycles. The largest absolute Gasteiger partial charge is 0.489 e. The van der Waals surface area contributed by atoms with E-state index < -0.39 is 17.4 Å². The quantitative estimate of drug-likeness (QED) is 0.546. The van der Waals surface area contributed by atoms with Crippen molar-refractivity contribution in [3.8, 4) is 5.75 Å². The molecule has 0 bridgehead atoms. The summed E-state index contributed by atoms with van der Waals surface area (Å²) in [4.78, 5) is 23.7. The second-order valence-corrected chi connectivity index (χ2v) is 6.24. The van der Waals surface area contributed by atoms with Gasteiger partial charge in [-0.2, -0.15) is 0 Å². The number of esters is 1. The minimum absolute atomic E-state index is 0.132. The van der Waals surface area contributed by atoms with E-state index in [0.29, 0.717) is 18.8 Å². The Morgan fingerprint density at radius 1 is 1.04 bits per heavy atom. The highest BCUT2D eigenvalue weighted by Crippen LogP contribution is 2.29. The van der Waals surface area contributed by atoms with Gasteiger partial charge in [0.05, 0.1) is 6.61 Å². The van der Waals surface area contributed by atoms with E-state index in [9.17, 15) is 14.7 Å². The third kappa shape index (κ3) is 4.85. The van der Waals surface area contributed by atoms with Gasteiger partial charge in [-0.05, 0) is 43.9 Å². The molecule has 2 aromatic rings. The molecule has 26 heavy (non-hydrogen) atoms. The summed E-state index contributed by atoms with van der Waals surface area (Å²) < 4.78 is 10.8. The van der Waals surface area contributed by atoms with Gasteiger partial charge < -0.3 is 14.6 Å². The third-order valence-electron chi connectivity index (χ3n) is 4.30. The van der Waals surface area contributed by atoms with Crippen LogP contribution < -0.4 is 4.74 Å². The number of benzene rings is 2. The van der Waals surface area contributed by atoms with Gasteiger partial charge in [-0.15, -0.1) is 0 Å². The Balaban J connectivity index is 2.09. The second kappa shape index (κ2) is 9.04. The van der Waals surface area contributed by atoms with Crippen molar-refractivity contribution in [3.63, 3.8) is 0 Å². The van der Waals surface area contributed by atoms with Gasteiger partial charge in [0, 0.05) is 0 Å². The van der Waals surface area contributed by atoms with Gasteiger partial charge in [0.15, 0.2) is 5.41 Å². The highest BCUT2D eigenvalue weighted by atomic mass is 16.5. The summed E-state index contributed by atoms with van der Waals surface area (Å²) in [6.07, 6.45) is 0.527. The zero-order chi connectivity index (χ0) is 19.0. The number of aliphatic carboxylic acids is 1. The number of ether oxygens (including phenoxy) is 2. The molecule has 1 N–H and O–H groups in total. The predicted octanol–water partition coefficient (Wildman–Crippen LogP) is 3.85. The second-order valence-electron chi connectivity index (χ2n) is 6.24. The van der Waals surface area contributed by atoms with E-state index >= 15 is 0 Å². The topological polar surface area (TPSA) is 72.8 Å². The number of carboxylic acid groups (broad SMARTS) is 1. The highest BCUT2D eigenvalue weighted by Gasteiger charge is 2.42. The van der Waals surface area contributed by atoms with Crippen molar-refractivity contribution < 1.29 is 24.2 Å². The Morgan fingerprint density at radius 2 is 1.69 bits per heavy atom. The number of carbonyl (C=O) groups excluding carboxylic acids is 1. The lowest BCUT2D eigenvalue weighted by Crippen LogP contribution is -2.38. The van der Waals surface area contributed by atoms with Crippen LogP contribution >= 0.6 is 0 Å². The van der Waals surface area contributed by atoms with E-state index in [0.717, 1.165) is 11.1 Å². The van der Waals surface area contributed by atoms with Crippen LogP contribution in [0.25, 0.3) is 0 Å². The summed E-state index contributed by atoms with van der Waals surface area (Å²) in [7, 11) is 0. The van der Waals surface area contributed by atoms with E-state index in [1.165, 1.54) is 6.92 Å². The van der Waals surface area contributed by atoms with Crippen LogP contribution in [0.15, 0.2) is 54.6 Å². The molecule has 0 saturated heterocycles. The normalized spacial score (nSPS) is 12.8. The molecule has 2 aromatic carbocycles. The lowest BCUT2D eigenvalue weighted by molar-refractivity contribution is -0.167. The van der Waals surface area contributed by atoms with Gasteiger partial charge in [-0.1, -0.05) is 48.5 Å². The molecule has 0 fully saturated rings. The van der Waals surface area contributed by atoms with Crippen LogP contribution in [0, 0.1) is 5.41 Å². The molecule has 0 heterocycles. The molecule has 0 saturated carbocycles. The summed E-state index contributed by atoms with van der Waals surface area (Å²) in [5.74, 6) is -1.21. The van der Waals surface area contributed by atoms with Crippen molar-refractivity contribution >= 4 is 11.9 Å². The Morgan fingerprint density at radius 3 is 2.35 bits per heavy atom. The maximum Gasteiger partial charge on any atom is 0.323 e. The fourth-order valence-corrected chi connectivity index (χ4v) is 2.56. The number of para-hydroxylation sites is 1. The van der Waals surface area contributed by atoms with Gasteiger partial charge in [-0.25, -0.2) is 0 Å². The molecule has 2 rings (SSSR count). The molecule has 0 amide bonds. The molecule has 1 atom stereocenters. The lowest BCUT2D eigenvalue weighted by atomic mass is 9.84. The maximum atomic E-state index is 12.1. The maximum absolute atomic E-state index is 12.1. The lowest BCUT2D eigenvalue weighted by Gasteiger charge is -2.23. The fraction of sp³-hybridized carbons (Fsp3) is 0.333. The summed E-state index contributed by atoms with van der Waals surface area (Å²) in [5, 5.41) is 9.50. The number of hydrogen-bond acceptors (Lipinski definition) is 4. The first kappa shape index (κ1) is 19.5. The van der Waals surface area contributed by atoms with Gasteiger partial charge in [0.25, 0.3) is 0 Å². The molecule has 0 aliphatic rings. The molecular formula is C21H24O5. The summed E-state index contributed by atoms with van der Waals surface area (Å²) in [5.41, 5.74) is 0.326. The van der Waals surface area contributed by atoms with Crippen LogP contribution in [0.5, 0.6) is 5.75 Å². The van der Waals surface area contributed by atoms with Crippen LogP contribution in [0.4, 0.5) is 0 Å². The first-order valence-corrected chi connectivity index (χ1v) is 8.62. The van der Waals surface area contributed by atoms with Gasteiger partial charge >= 0.3 is 11.9 Å². The van der Waals surface area contributed by atoms with Crippen molar-refractivity contribution in [3.05, 3.63) is 65.7 Å². The standard InChI is InChI=1S/C21H24O5/c1-3-25-20(24)21(2,19(22)23)14-13-17-11-7-8-12-18(17)26-15-16-9-5-4-6-10-16/h4-12H,3,13-15H2,1-2H3,(H,22,23). The average molecular weight is 356 g/mol. The molecule has 0 aromatic heterocycles. The predicted molar refractivity (Wildman–Crippen MR) is 97.9 cm³/mol. The van der Waals surface area contributed by atoms with Crippen molar-refractivity contribution in [2.45, 2.75) is 33.3 Å². The van der Waals surface area contributed by atoms with Crippen LogP contribution in [-0.2, 0) is 27.4 Å². The van der Waals surface area contributed by atoms with Crippen LogP contribution in [0.3, 0.4) is 0 Å². The number of carbonyl (C=O) groups is 2. The first-order valence-electron chi connectivity index (χ1n) is 8.62. The molecule has 1 unspecified atom stereocenters. The monoisotopic (exact) mass is 356 g/mol. The average Bonchev–Trinajstić information content (AvgIpc) is 2.66. The molecule has 5 nitrogen and oxygen atoms in total. The Kier molecular flexibility index (Phi) is 6.78. The Bertz CT molecular complexity index is 741. The number of carboxylic acids is 1. The molecular weight excluding hydrogens is 332 g/mol. The van der Waals surface area contributed by atoms with E-state index in [2.05, 4.69) is 0 Å². The van der Waals surface area contributed by atoms with Crippen molar-refractivity contribution in [2.24, 2.45) is 5.41 Å². The summed E-state index contributed by atoms with van der Waals surface area (Å²) in [6.45, 7) is 3.64. The highest BCUT2D eigenvalue weighted by molar-refractivity contribution is 5.98. The molecule has 0 spiro atoms. The van der Waals surface area contributed by atoms with Crippen LogP contribution in [-0.4, -0.2) is 23.7 Å². The molecule has 0 aliphatic heterocycles. The van der Waals surface area contributed by atoms with Crippen molar-refractivity contribution in [2.75, 3.05) is 6.61 Å². The van der Waals surface area contributed by atoms with Gasteiger partial charge in [-0.3, -0.25) is 9.59 Å². The van der Waals surface area contributed by atoms with E-state index in [1.807, 2.05) is 54.6 Å². The van der Waals surface area contributed by atoms with Crippen molar-refractivity contribution in [1.29, 1.82) is 0 Å². The van der Waals surface area contributed by atoms with E-state index in [-0.39, 0.29) is 13.0 Å². The first-order chi connectivity index (χ1) is 12.5. The third-order valence-corrected chi connectivity index (χ3v) is 4.30. The minimum atomic E-state index is -1.58. The van der Waals surface area contributed by atoms with Crippen LogP contribution in [0.2, 0.25) is 0 Å². The zero-order valence-corrected chi connectivity index (χ0v) is 15.1. The van der Waals surface area contributed by atoms with E-state index in [4.69, 9.17) is 9.47 Å². The number of aryl methyl sites for hydroxylation is 1. The zero-order valence-electron chi connectivity index (χ0n) is 15.1. The Labute approximate surface area is 153 Å². The summed E-state index contributed by atoms with van der Waals surface area (Å²) in [6, 6.07) is 17.3. The van der Waals surface area contributed by atoms with Crippen LogP contribution in [0.1, 0.15) is 31.4 Å². The minimum Gasteiger partial charge on any atom is -0.489 e. The van der Waals surface area contributed by atoms with Crippen molar-refractivity contribution in [1.82, 2.24) is 0 Å². The van der Waals surface area contributed by atoms with Gasteiger partial charge in [0.2, 0.25) is 0 Å². The fourth-order valence-electron chi connectivity index (χ4n) is 2.56.